The second kappa shape index (κ2) is 4.29. The number of rotatable bonds is 2. The zero-order valence-corrected chi connectivity index (χ0v) is 9.51. The predicted molar refractivity (Wildman–Crippen MR) is 61.7 cm³/mol. The molecule has 0 fully saturated rings. The van der Waals surface area contributed by atoms with E-state index in [2.05, 4.69) is 15.0 Å². The van der Waals surface area contributed by atoms with Gasteiger partial charge in [-0.05, 0) is 26.0 Å². The molecule has 17 heavy (non-hydrogen) atoms. The lowest BCUT2D eigenvalue weighted by molar-refractivity contribution is 0.0696. The molecule has 0 atom stereocenters. The molecule has 0 bridgehead atoms. The van der Waals surface area contributed by atoms with Crippen molar-refractivity contribution in [3.63, 3.8) is 0 Å². The Labute approximate surface area is 98.2 Å². The van der Waals surface area contributed by atoms with E-state index in [0.29, 0.717) is 22.9 Å². The minimum atomic E-state index is -1.04. The van der Waals surface area contributed by atoms with E-state index in [4.69, 9.17) is 0 Å². The van der Waals surface area contributed by atoms with Gasteiger partial charge >= 0.3 is 5.97 Å². The van der Waals surface area contributed by atoms with Gasteiger partial charge in [-0.1, -0.05) is 6.07 Å². The maximum absolute atomic E-state index is 11.2. The number of aromatic carboxylic acids is 1. The van der Waals surface area contributed by atoms with Gasteiger partial charge in [-0.15, -0.1) is 0 Å². The third kappa shape index (κ3) is 2.13. The quantitative estimate of drug-likeness (QED) is 0.850. The molecule has 2 heterocycles. The molecule has 0 spiro atoms. The maximum Gasteiger partial charge on any atom is 0.339 e. The predicted octanol–water partition coefficient (Wildman–Crippen LogP) is 1.85. The van der Waals surface area contributed by atoms with E-state index < -0.39 is 5.97 Å². The molecule has 2 rings (SSSR count). The molecule has 0 aromatic carbocycles. The third-order valence-electron chi connectivity index (χ3n) is 2.32. The largest absolute Gasteiger partial charge is 0.478 e. The zero-order chi connectivity index (χ0) is 12.4. The van der Waals surface area contributed by atoms with E-state index >= 15 is 0 Å². The number of aryl methyl sites for hydroxylation is 2. The van der Waals surface area contributed by atoms with E-state index in [0.717, 1.165) is 0 Å². The molecule has 0 aliphatic rings. The maximum atomic E-state index is 11.2. The highest BCUT2D eigenvalue weighted by atomic mass is 16.4. The van der Waals surface area contributed by atoms with E-state index in [1.165, 1.54) is 0 Å². The molecule has 2 aromatic rings. The number of carbonyl (C=O) groups is 1. The normalized spacial score (nSPS) is 10.2. The van der Waals surface area contributed by atoms with Crippen LogP contribution in [0.1, 0.15) is 21.9 Å². The monoisotopic (exact) mass is 229 g/mol. The lowest BCUT2D eigenvalue weighted by atomic mass is 10.1. The Morgan fingerprint density at radius 2 is 2.00 bits per heavy atom. The van der Waals surface area contributed by atoms with Crippen LogP contribution in [0.3, 0.4) is 0 Å². The van der Waals surface area contributed by atoms with Crippen molar-refractivity contribution in [2.24, 2.45) is 0 Å². The summed E-state index contributed by atoms with van der Waals surface area (Å²) in [4.78, 5) is 23.6. The van der Waals surface area contributed by atoms with E-state index in [9.17, 15) is 9.90 Å². The smallest absolute Gasteiger partial charge is 0.339 e. The van der Waals surface area contributed by atoms with Crippen molar-refractivity contribution in [2.45, 2.75) is 13.8 Å². The summed E-state index contributed by atoms with van der Waals surface area (Å²) in [5, 5.41) is 9.19. The molecular weight excluding hydrogens is 218 g/mol. The molecule has 5 heteroatoms. The first-order valence-corrected chi connectivity index (χ1v) is 5.09. The van der Waals surface area contributed by atoms with E-state index in [-0.39, 0.29) is 5.56 Å². The highest BCUT2D eigenvalue weighted by Gasteiger charge is 2.18. The summed E-state index contributed by atoms with van der Waals surface area (Å²) in [5.41, 5.74) is 1.46. The van der Waals surface area contributed by atoms with Gasteiger partial charge < -0.3 is 5.11 Å². The van der Waals surface area contributed by atoms with Crippen LogP contribution in [0.4, 0.5) is 0 Å². The summed E-state index contributed by atoms with van der Waals surface area (Å²) in [5.74, 6) is -0.503. The van der Waals surface area contributed by atoms with Gasteiger partial charge in [0.05, 0.1) is 11.4 Å². The van der Waals surface area contributed by atoms with Gasteiger partial charge in [0.2, 0.25) is 0 Å². The molecule has 86 valence electrons. The standard InChI is InChI=1S/C12H11N3O2/c1-7-10(12(16)17)11(15-8(2)14-7)9-5-3-4-6-13-9/h3-6H,1-2H3,(H,16,17). The number of aromatic nitrogens is 3. The first-order valence-electron chi connectivity index (χ1n) is 5.09. The topological polar surface area (TPSA) is 76.0 Å². The number of hydrogen-bond donors (Lipinski definition) is 1. The minimum Gasteiger partial charge on any atom is -0.478 e. The number of carboxylic acid groups (broad SMARTS) is 1. The first kappa shape index (κ1) is 11.2. The highest BCUT2D eigenvalue weighted by Crippen LogP contribution is 2.21. The van der Waals surface area contributed by atoms with Gasteiger partial charge in [-0.25, -0.2) is 14.8 Å². The Balaban J connectivity index is 2.72. The number of hydrogen-bond acceptors (Lipinski definition) is 4. The lowest BCUT2D eigenvalue weighted by Gasteiger charge is -2.07. The number of carboxylic acids is 1. The fourth-order valence-electron chi connectivity index (χ4n) is 1.66. The summed E-state index contributed by atoms with van der Waals surface area (Å²) in [6.07, 6.45) is 1.60. The summed E-state index contributed by atoms with van der Waals surface area (Å²) in [6, 6.07) is 5.29. The summed E-state index contributed by atoms with van der Waals surface area (Å²) in [7, 11) is 0. The van der Waals surface area contributed by atoms with Crippen molar-refractivity contribution < 1.29 is 9.90 Å². The van der Waals surface area contributed by atoms with Gasteiger partial charge in [0.25, 0.3) is 0 Å². The van der Waals surface area contributed by atoms with Crippen LogP contribution in [0.5, 0.6) is 0 Å². The van der Waals surface area contributed by atoms with Gasteiger partial charge in [0.1, 0.15) is 17.1 Å². The number of pyridine rings is 1. The van der Waals surface area contributed by atoms with Gasteiger partial charge in [0.15, 0.2) is 0 Å². The fourth-order valence-corrected chi connectivity index (χ4v) is 1.66. The Morgan fingerprint density at radius 3 is 2.59 bits per heavy atom. The lowest BCUT2D eigenvalue weighted by Crippen LogP contribution is -2.09. The van der Waals surface area contributed by atoms with Crippen LogP contribution in [0.25, 0.3) is 11.4 Å². The van der Waals surface area contributed by atoms with Crippen LogP contribution < -0.4 is 0 Å². The fraction of sp³-hybridized carbons (Fsp3) is 0.167. The SMILES string of the molecule is Cc1nc(C)c(C(=O)O)c(-c2ccccn2)n1. The molecule has 0 aliphatic carbocycles. The molecule has 0 amide bonds. The molecular formula is C12H11N3O2. The van der Waals surface area contributed by atoms with E-state index in [1.54, 1.807) is 38.2 Å². The number of nitrogens with zero attached hydrogens (tertiary/aromatic N) is 3. The summed E-state index contributed by atoms with van der Waals surface area (Å²) in [6.45, 7) is 3.38. The van der Waals surface area contributed by atoms with Crippen molar-refractivity contribution in [3.05, 3.63) is 41.5 Å². The summed E-state index contributed by atoms with van der Waals surface area (Å²) >= 11 is 0. The van der Waals surface area contributed by atoms with Crippen LogP contribution in [0, 0.1) is 13.8 Å². The molecule has 5 nitrogen and oxygen atoms in total. The van der Waals surface area contributed by atoms with Crippen molar-refractivity contribution in [2.75, 3.05) is 0 Å². The Hall–Kier alpha value is -2.30. The van der Waals surface area contributed by atoms with Crippen molar-refractivity contribution in [1.82, 2.24) is 15.0 Å². The highest BCUT2D eigenvalue weighted by molar-refractivity contribution is 5.95. The van der Waals surface area contributed by atoms with Crippen LogP contribution in [0.15, 0.2) is 24.4 Å². The van der Waals surface area contributed by atoms with Crippen LogP contribution >= 0.6 is 0 Å². The molecule has 0 saturated heterocycles. The molecule has 1 N–H and O–H groups in total. The molecule has 0 saturated carbocycles. The Morgan fingerprint density at radius 1 is 1.24 bits per heavy atom. The molecule has 0 unspecified atom stereocenters. The Kier molecular flexibility index (Phi) is 2.82. The Bertz CT molecular complexity index is 567. The van der Waals surface area contributed by atoms with Crippen LogP contribution in [0.2, 0.25) is 0 Å². The van der Waals surface area contributed by atoms with Crippen LogP contribution in [-0.4, -0.2) is 26.0 Å². The van der Waals surface area contributed by atoms with Gasteiger partial charge in [-0.2, -0.15) is 0 Å². The van der Waals surface area contributed by atoms with Crippen LogP contribution in [-0.2, 0) is 0 Å². The zero-order valence-electron chi connectivity index (χ0n) is 9.51. The van der Waals surface area contributed by atoms with Crippen molar-refractivity contribution in [3.8, 4) is 11.4 Å². The van der Waals surface area contributed by atoms with Gasteiger partial charge in [-0.3, -0.25) is 4.98 Å². The average molecular weight is 229 g/mol. The molecule has 0 aliphatic heterocycles. The second-order valence-corrected chi connectivity index (χ2v) is 3.60. The van der Waals surface area contributed by atoms with Gasteiger partial charge in [0, 0.05) is 6.20 Å². The molecule has 0 radical (unpaired) electrons. The molecule has 2 aromatic heterocycles. The second-order valence-electron chi connectivity index (χ2n) is 3.60. The average Bonchev–Trinajstić information content (AvgIpc) is 2.28. The first-order chi connectivity index (χ1) is 8.09. The van der Waals surface area contributed by atoms with Crippen molar-refractivity contribution >= 4 is 5.97 Å². The minimum absolute atomic E-state index is 0.106. The van der Waals surface area contributed by atoms with Crippen molar-refractivity contribution in [1.29, 1.82) is 0 Å². The summed E-state index contributed by atoms with van der Waals surface area (Å²) < 4.78 is 0. The van der Waals surface area contributed by atoms with E-state index in [1.807, 2.05) is 0 Å². The third-order valence-corrected chi connectivity index (χ3v) is 2.32.